The Balaban J connectivity index is 0.000000229. The van der Waals surface area contributed by atoms with Crippen molar-refractivity contribution in [3.05, 3.63) is 131 Å². The molecule has 0 unspecified atom stereocenters. The molecule has 50 heavy (non-hydrogen) atoms. The second-order valence-electron chi connectivity index (χ2n) is 13.1. The number of piperidine rings is 2. The minimum absolute atomic E-state index is 0. The Hall–Kier alpha value is -4.66. The number of carbonyl (C=O) groups excluding carboxylic acids is 1. The first kappa shape index (κ1) is 38.1. The van der Waals surface area contributed by atoms with Crippen molar-refractivity contribution in [2.24, 2.45) is 0 Å². The maximum Gasteiger partial charge on any atom is 0.410 e. The molecule has 4 aromatic carbocycles. The maximum atomic E-state index is 13.0. The summed E-state index contributed by atoms with van der Waals surface area (Å²) in [4.78, 5) is 13.9. The minimum atomic E-state index is -0.474. The summed E-state index contributed by atoms with van der Waals surface area (Å²) in [5, 5.41) is 3.35. The zero-order chi connectivity index (χ0) is 34.6. The lowest BCUT2D eigenvalue weighted by Crippen LogP contribution is -2.40. The number of carbonyl (C=O) groups is 1. The smallest absolute Gasteiger partial charge is 0.410 e. The average Bonchev–Trinajstić information content (AvgIpc) is 3.08. The molecular weight excluding hydrogens is 658 g/mol. The molecule has 0 spiro atoms. The Morgan fingerprint density at radius 3 is 1.54 bits per heavy atom. The highest BCUT2D eigenvalue weighted by molar-refractivity contribution is 5.85. The predicted molar refractivity (Wildman–Crippen MR) is 198 cm³/mol. The molecule has 2 heterocycles. The summed E-state index contributed by atoms with van der Waals surface area (Å²) in [6.07, 6.45) is 7.97. The lowest BCUT2D eigenvalue weighted by Gasteiger charge is -2.31. The molecule has 0 bridgehead atoms. The minimum Gasteiger partial charge on any atom is -0.457 e. The van der Waals surface area contributed by atoms with E-state index in [2.05, 4.69) is 23.5 Å². The number of hydrogen-bond donors (Lipinski definition) is 1. The van der Waals surface area contributed by atoms with Gasteiger partial charge in [-0.1, -0.05) is 47.6 Å². The van der Waals surface area contributed by atoms with Gasteiger partial charge in [-0.05, 0) is 143 Å². The van der Waals surface area contributed by atoms with Crippen molar-refractivity contribution in [1.82, 2.24) is 10.2 Å². The number of likely N-dealkylation sites (tertiary alicyclic amines) is 1. The van der Waals surface area contributed by atoms with Crippen LogP contribution in [0.5, 0.6) is 23.0 Å². The number of halogens is 3. The van der Waals surface area contributed by atoms with Gasteiger partial charge in [0.15, 0.2) is 0 Å². The van der Waals surface area contributed by atoms with Gasteiger partial charge in [0.2, 0.25) is 0 Å². The van der Waals surface area contributed by atoms with Crippen LogP contribution >= 0.6 is 12.4 Å². The van der Waals surface area contributed by atoms with E-state index in [-0.39, 0.29) is 30.1 Å². The van der Waals surface area contributed by atoms with Crippen LogP contribution in [0.3, 0.4) is 0 Å². The van der Waals surface area contributed by atoms with Gasteiger partial charge in [-0.2, -0.15) is 0 Å². The molecule has 2 saturated heterocycles. The van der Waals surface area contributed by atoms with Gasteiger partial charge in [0, 0.05) is 13.1 Å². The fraction of sp³-hybridized carbons (Fsp3) is 0.293. The lowest BCUT2D eigenvalue weighted by atomic mass is 10.0. The number of ether oxygens (including phenoxy) is 3. The molecule has 2 aliphatic rings. The molecule has 1 amide bonds. The summed E-state index contributed by atoms with van der Waals surface area (Å²) < 4.78 is 42.9. The topological polar surface area (TPSA) is 60.0 Å². The van der Waals surface area contributed by atoms with E-state index in [0.717, 1.165) is 55.6 Å². The zero-order valence-corrected chi connectivity index (χ0v) is 29.6. The summed E-state index contributed by atoms with van der Waals surface area (Å²) in [5.74, 6) is 2.16. The number of benzene rings is 4. The van der Waals surface area contributed by atoms with E-state index in [1.54, 1.807) is 29.2 Å². The second kappa shape index (κ2) is 18.4. The van der Waals surface area contributed by atoms with Crippen LogP contribution in [0.25, 0.3) is 12.2 Å². The molecule has 0 saturated carbocycles. The number of nitrogens with one attached hydrogen (secondary N) is 1. The number of amides is 1. The van der Waals surface area contributed by atoms with Gasteiger partial charge in [0.25, 0.3) is 0 Å². The maximum absolute atomic E-state index is 13.0. The number of rotatable bonds is 6. The first-order valence-electron chi connectivity index (χ1n) is 16.7. The molecule has 9 heteroatoms. The van der Waals surface area contributed by atoms with E-state index in [1.807, 2.05) is 63.2 Å². The summed E-state index contributed by atoms with van der Waals surface area (Å²) in [6.45, 7) is 9.05. The van der Waals surface area contributed by atoms with Gasteiger partial charge in [0.1, 0.15) is 40.2 Å². The Bertz CT molecular complexity index is 1730. The Morgan fingerprint density at radius 2 is 1.10 bits per heavy atom. The molecule has 264 valence electrons. The third-order valence-corrected chi connectivity index (χ3v) is 7.86. The van der Waals surface area contributed by atoms with Gasteiger partial charge in [-0.15, -0.1) is 12.4 Å². The van der Waals surface area contributed by atoms with E-state index < -0.39 is 5.60 Å². The monoisotopic (exact) mass is 702 g/mol. The molecule has 2 fully saturated rings. The van der Waals surface area contributed by atoms with Crippen LogP contribution in [0.15, 0.2) is 108 Å². The van der Waals surface area contributed by atoms with Crippen molar-refractivity contribution in [2.75, 3.05) is 26.2 Å². The van der Waals surface area contributed by atoms with Gasteiger partial charge in [-0.25, -0.2) is 13.6 Å². The Labute approximate surface area is 300 Å². The fourth-order valence-electron chi connectivity index (χ4n) is 5.42. The van der Waals surface area contributed by atoms with E-state index >= 15 is 0 Å². The van der Waals surface area contributed by atoms with Crippen LogP contribution in [0, 0.1) is 11.6 Å². The highest BCUT2D eigenvalue weighted by Crippen LogP contribution is 2.27. The van der Waals surface area contributed by atoms with E-state index in [1.165, 1.54) is 35.4 Å². The molecule has 4 aromatic rings. The molecule has 6 nitrogen and oxygen atoms in total. The van der Waals surface area contributed by atoms with E-state index in [9.17, 15) is 13.6 Å². The van der Waals surface area contributed by atoms with Crippen LogP contribution in [0.4, 0.5) is 13.6 Å². The molecule has 6 rings (SSSR count). The van der Waals surface area contributed by atoms with Gasteiger partial charge in [0.05, 0.1) is 0 Å². The second-order valence-corrected chi connectivity index (χ2v) is 13.1. The average molecular weight is 703 g/mol. The first-order chi connectivity index (χ1) is 23.6. The molecule has 0 aromatic heterocycles. The van der Waals surface area contributed by atoms with Crippen LogP contribution < -0.4 is 14.8 Å². The van der Waals surface area contributed by atoms with Gasteiger partial charge < -0.3 is 24.4 Å². The summed E-state index contributed by atoms with van der Waals surface area (Å²) in [6, 6.07) is 27.8. The van der Waals surface area contributed by atoms with Crippen molar-refractivity contribution < 1.29 is 27.8 Å². The predicted octanol–water partition coefficient (Wildman–Crippen LogP) is 10.8. The third-order valence-electron chi connectivity index (χ3n) is 7.86. The van der Waals surface area contributed by atoms with Crippen LogP contribution in [0.2, 0.25) is 0 Å². The molecule has 2 aliphatic heterocycles. The first-order valence-corrected chi connectivity index (χ1v) is 16.7. The SMILES string of the molecule is CC(C)(C)OC(=O)N1CCC(=Cc2cccc(Oc3ccc(F)cc3)c2)CC1.Cl.Fc1ccc(Oc2cccc(C=C3CCNCC3)c2)cc1. The lowest BCUT2D eigenvalue weighted by molar-refractivity contribution is 0.0237. The van der Waals surface area contributed by atoms with Crippen molar-refractivity contribution in [3.63, 3.8) is 0 Å². The number of nitrogens with zero attached hydrogens (tertiary/aromatic N) is 1. The standard InChI is InChI=1S/C23H26FNO3.C18H18FNO.ClH/c1-23(2,3)28-22(26)25-13-11-17(12-14-25)15-18-5-4-6-21(16-18)27-20-9-7-19(24)8-10-20;19-16-4-6-17(7-5-16)21-18-3-1-2-15(13-18)12-14-8-10-20-11-9-14;/h4-10,15-16H,11-14H2,1-3H3;1-7,12-13,20H,8-11H2;1H. The van der Waals surface area contributed by atoms with Crippen molar-refractivity contribution in [2.45, 2.75) is 52.1 Å². The molecule has 1 N–H and O–H groups in total. The van der Waals surface area contributed by atoms with Crippen molar-refractivity contribution in [1.29, 1.82) is 0 Å². The van der Waals surface area contributed by atoms with E-state index in [0.29, 0.717) is 30.3 Å². The highest BCUT2D eigenvalue weighted by Gasteiger charge is 2.24. The van der Waals surface area contributed by atoms with Crippen LogP contribution in [0.1, 0.15) is 57.6 Å². The van der Waals surface area contributed by atoms with E-state index in [4.69, 9.17) is 14.2 Å². The summed E-state index contributed by atoms with van der Waals surface area (Å²) in [7, 11) is 0. The molecule has 0 aliphatic carbocycles. The van der Waals surface area contributed by atoms with Crippen molar-refractivity contribution >= 4 is 30.7 Å². The third kappa shape index (κ3) is 12.7. The fourth-order valence-corrected chi connectivity index (χ4v) is 5.42. The summed E-state index contributed by atoms with van der Waals surface area (Å²) >= 11 is 0. The summed E-state index contributed by atoms with van der Waals surface area (Å²) in [5.41, 5.74) is 4.47. The van der Waals surface area contributed by atoms with Crippen LogP contribution in [-0.4, -0.2) is 42.8 Å². The Kier molecular flexibility index (Phi) is 14.0. The number of hydrogen-bond acceptors (Lipinski definition) is 5. The molecular formula is C41H45ClF2N2O4. The highest BCUT2D eigenvalue weighted by atomic mass is 35.5. The van der Waals surface area contributed by atoms with Gasteiger partial charge >= 0.3 is 6.09 Å². The molecule has 0 radical (unpaired) electrons. The Morgan fingerprint density at radius 1 is 0.660 bits per heavy atom. The quantitative estimate of drug-likeness (QED) is 0.217. The van der Waals surface area contributed by atoms with Gasteiger partial charge in [-0.3, -0.25) is 0 Å². The molecule has 0 atom stereocenters. The van der Waals surface area contributed by atoms with Crippen molar-refractivity contribution in [3.8, 4) is 23.0 Å². The van der Waals surface area contributed by atoms with Crippen LogP contribution in [-0.2, 0) is 4.74 Å². The zero-order valence-electron chi connectivity index (χ0n) is 28.8. The normalized spacial score (nSPS) is 14.4. The largest absolute Gasteiger partial charge is 0.457 e.